The first-order valence-corrected chi connectivity index (χ1v) is 12.7. The second-order valence-corrected chi connectivity index (χ2v) is 10.7. The largest absolute Gasteiger partial charge is 0.480 e. The molecule has 6 heteroatoms. The Morgan fingerprint density at radius 1 is 0.774 bits per heavy atom. The van der Waals surface area contributed by atoms with Crippen LogP contribution in [0.3, 0.4) is 0 Å². The molecule has 6 nitrogen and oxygen atoms in total. The highest BCUT2D eigenvalue weighted by Crippen LogP contribution is 2.27. The summed E-state index contributed by atoms with van der Waals surface area (Å²) < 4.78 is 5.10. The standard InChI is InChI=1S/C13H23NO4.C12H23N/c1-13(2,3)18-12(17)14-10(11(15)16)9-7-5-4-6-8-9;1-3-7-11(8-4-1)13-12-9-5-2-6-10-12/h9-10H,4-8H2,1-3H3,(H,14,17)(H,15,16);11-13H,1-10H2/t10-;/m0./s1. The third-order valence-electron chi connectivity index (χ3n) is 6.74. The van der Waals surface area contributed by atoms with Gasteiger partial charge in [-0.1, -0.05) is 57.8 Å². The van der Waals surface area contributed by atoms with Crippen LogP contribution in [0, 0.1) is 5.92 Å². The number of carbonyl (C=O) groups is 2. The number of ether oxygens (including phenoxy) is 1. The van der Waals surface area contributed by atoms with E-state index in [0.29, 0.717) is 0 Å². The van der Waals surface area contributed by atoms with Crippen LogP contribution < -0.4 is 10.6 Å². The molecule has 180 valence electrons. The number of hydrogen-bond donors (Lipinski definition) is 3. The maximum Gasteiger partial charge on any atom is 0.408 e. The Labute approximate surface area is 189 Å². The Hall–Kier alpha value is -1.30. The molecule has 3 aliphatic rings. The van der Waals surface area contributed by atoms with Gasteiger partial charge >= 0.3 is 12.1 Å². The first kappa shape index (κ1) is 26.0. The predicted octanol–water partition coefficient (Wildman–Crippen LogP) is 5.79. The maximum absolute atomic E-state index is 11.6. The lowest BCUT2D eigenvalue weighted by atomic mass is 9.84. The van der Waals surface area contributed by atoms with Crippen molar-refractivity contribution < 1.29 is 19.4 Å². The zero-order chi connectivity index (χ0) is 22.7. The Kier molecular flexibility index (Phi) is 11.1. The van der Waals surface area contributed by atoms with E-state index in [9.17, 15) is 14.7 Å². The molecule has 0 unspecified atom stereocenters. The Morgan fingerprint density at radius 2 is 1.19 bits per heavy atom. The van der Waals surface area contributed by atoms with Crippen molar-refractivity contribution in [3.8, 4) is 0 Å². The van der Waals surface area contributed by atoms with E-state index in [4.69, 9.17) is 4.74 Å². The summed E-state index contributed by atoms with van der Waals surface area (Å²) in [5.41, 5.74) is -0.611. The van der Waals surface area contributed by atoms with E-state index < -0.39 is 23.7 Å². The molecule has 0 aromatic carbocycles. The molecule has 0 saturated heterocycles. The van der Waals surface area contributed by atoms with E-state index in [1.165, 1.54) is 64.2 Å². The highest BCUT2D eigenvalue weighted by molar-refractivity contribution is 5.80. The molecule has 3 rings (SSSR count). The van der Waals surface area contributed by atoms with Gasteiger partial charge in [0.15, 0.2) is 0 Å². The third-order valence-corrected chi connectivity index (χ3v) is 6.74. The van der Waals surface area contributed by atoms with Gasteiger partial charge in [-0.15, -0.1) is 0 Å². The van der Waals surface area contributed by atoms with Crippen LogP contribution in [-0.4, -0.2) is 40.9 Å². The van der Waals surface area contributed by atoms with Crippen LogP contribution in [0.5, 0.6) is 0 Å². The minimum absolute atomic E-state index is 0.0174. The van der Waals surface area contributed by atoms with Crippen molar-refractivity contribution in [2.24, 2.45) is 5.92 Å². The molecule has 0 heterocycles. The van der Waals surface area contributed by atoms with Crippen LogP contribution in [0.2, 0.25) is 0 Å². The summed E-state index contributed by atoms with van der Waals surface area (Å²) >= 11 is 0. The van der Waals surface area contributed by atoms with Crippen LogP contribution in [0.4, 0.5) is 4.79 Å². The number of amides is 1. The zero-order valence-electron chi connectivity index (χ0n) is 20.1. The molecular weight excluding hydrogens is 392 g/mol. The fourth-order valence-corrected chi connectivity index (χ4v) is 5.16. The van der Waals surface area contributed by atoms with Crippen LogP contribution in [0.1, 0.15) is 117 Å². The molecule has 31 heavy (non-hydrogen) atoms. The van der Waals surface area contributed by atoms with Gasteiger partial charge in [0.1, 0.15) is 11.6 Å². The van der Waals surface area contributed by atoms with Gasteiger partial charge in [0, 0.05) is 12.1 Å². The summed E-state index contributed by atoms with van der Waals surface area (Å²) in [7, 11) is 0. The highest BCUT2D eigenvalue weighted by Gasteiger charge is 2.32. The molecule has 3 saturated carbocycles. The molecule has 0 spiro atoms. The summed E-state index contributed by atoms with van der Waals surface area (Å²) in [4.78, 5) is 22.8. The van der Waals surface area contributed by atoms with Crippen molar-refractivity contribution in [2.75, 3.05) is 0 Å². The van der Waals surface area contributed by atoms with Gasteiger partial charge in [0.05, 0.1) is 0 Å². The number of alkyl carbamates (subject to hydrolysis) is 1. The normalized spacial score (nSPS) is 22.7. The van der Waals surface area contributed by atoms with Gasteiger partial charge in [-0.05, 0) is 65.2 Å². The predicted molar refractivity (Wildman–Crippen MR) is 124 cm³/mol. The van der Waals surface area contributed by atoms with Crippen molar-refractivity contribution in [1.82, 2.24) is 10.6 Å². The summed E-state index contributed by atoms with van der Waals surface area (Å²) in [6, 6.07) is 0.911. The maximum atomic E-state index is 11.6. The van der Waals surface area contributed by atoms with Crippen molar-refractivity contribution in [3.63, 3.8) is 0 Å². The quantitative estimate of drug-likeness (QED) is 0.506. The van der Waals surface area contributed by atoms with Crippen LogP contribution >= 0.6 is 0 Å². The SMILES string of the molecule is C1CCC(NC2CCCCC2)CC1.CC(C)(C)OC(=O)N[C@H](C(=O)O)C1CCCCC1. The minimum atomic E-state index is -0.979. The van der Waals surface area contributed by atoms with Gasteiger partial charge in [0.2, 0.25) is 0 Å². The number of carboxylic acid groups (broad SMARTS) is 1. The lowest BCUT2D eigenvalue weighted by molar-refractivity contribution is -0.141. The smallest absolute Gasteiger partial charge is 0.408 e. The van der Waals surface area contributed by atoms with E-state index in [1.54, 1.807) is 20.8 Å². The molecule has 3 N–H and O–H groups in total. The average molecular weight is 439 g/mol. The van der Waals surface area contributed by atoms with Crippen LogP contribution in [-0.2, 0) is 9.53 Å². The molecule has 0 radical (unpaired) electrons. The third kappa shape index (κ3) is 10.7. The molecule has 0 aliphatic heterocycles. The molecule has 1 atom stereocenters. The number of carboxylic acids is 1. The van der Waals surface area contributed by atoms with Gasteiger partial charge < -0.3 is 20.5 Å². The van der Waals surface area contributed by atoms with Crippen LogP contribution in [0.15, 0.2) is 0 Å². The highest BCUT2D eigenvalue weighted by atomic mass is 16.6. The number of rotatable bonds is 5. The minimum Gasteiger partial charge on any atom is -0.480 e. The first-order valence-electron chi connectivity index (χ1n) is 12.7. The molecule has 0 aromatic heterocycles. The molecule has 3 fully saturated rings. The number of carbonyl (C=O) groups excluding carboxylic acids is 1. The summed E-state index contributed by atoms with van der Waals surface area (Å²) in [5.74, 6) is -0.962. The lowest BCUT2D eigenvalue weighted by Gasteiger charge is -2.30. The van der Waals surface area contributed by atoms with Crippen LogP contribution in [0.25, 0.3) is 0 Å². The molecule has 1 amide bonds. The Balaban J connectivity index is 0.000000231. The number of hydrogen-bond acceptors (Lipinski definition) is 4. The second-order valence-electron chi connectivity index (χ2n) is 10.7. The first-order chi connectivity index (χ1) is 14.7. The number of nitrogens with one attached hydrogen (secondary N) is 2. The Morgan fingerprint density at radius 3 is 1.58 bits per heavy atom. The summed E-state index contributed by atoms with van der Waals surface area (Å²) in [5, 5.41) is 15.5. The Bertz CT molecular complexity index is 512. The monoisotopic (exact) mass is 438 g/mol. The van der Waals surface area contributed by atoms with Gasteiger partial charge in [-0.3, -0.25) is 0 Å². The molecule has 3 aliphatic carbocycles. The van der Waals surface area contributed by atoms with Crippen molar-refractivity contribution in [2.45, 2.75) is 141 Å². The van der Waals surface area contributed by atoms with Crippen molar-refractivity contribution in [3.05, 3.63) is 0 Å². The molecule has 0 aromatic rings. The molecular formula is C25H46N2O4. The summed E-state index contributed by atoms with van der Waals surface area (Å²) in [6.45, 7) is 5.26. The average Bonchev–Trinajstić information content (AvgIpc) is 2.73. The van der Waals surface area contributed by atoms with Gasteiger partial charge in [-0.25, -0.2) is 9.59 Å². The topological polar surface area (TPSA) is 87.7 Å². The van der Waals surface area contributed by atoms with E-state index in [1.807, 2.05) is 0 Å². The fourth-order valence-electron chi connectivity index (χ4n) is 5.16. The van der Waals surface area contributed by atoms with E-state index in [-0.39, 0.29) is 5.92 Å². The zero-order valence-corrected chi connectivity index (χ0v) is 20.1. The fraction of sp³-hybridized carbons (Fsp3) is 0.920. The van der Waals surface area contributed by atoms with E-state index in [0.717, 1.165) is 44.2 Å². The molecule has 0 bridgehead atoms. The van der Waals surface area contributed by atoms with Gasteiger partial charge in [0.25, 0.3) is 0 Å². The number of aliphatic carboxylic acids is 1. The second kappa shape index (κ2) is 13.3. The summed E-state index contributed by atoms with van der Waals surface area (Å²) in [6.07, 6.45) is 18.8. The van der Waals surface area contributed by atoms with E-state index in [2.05, 4.69) is 10.6 Å². The van der Waals surface area contributed by atoms with E-state index >= 15 is 0 Å². The lowest BCUT2D eigenvalue weighted by Crippen LogP contribution is -2.48. The van der Waals surface area contributed by atoms with Crippen molar-refractivity contribution in [1.29, 1.82) is 0 Å². The van der Waals surface area contributed by atoms with Gasteiger partial charge in [-0.2, -0.15) is 0 Å². The van der Waals surface area contributed by atoms with Crippen molar-refractivity contribution >= 4 is 12.1 Å².